The number of primary amides is 1. The van der Waals surface area contributed by atoms with E-state index in [2.05, 4.69) is 17.0 Å². The SMILES string of the molecule is CCc1nc2c(C(N)=O)cc(N3CCOCC3)cc2n1-c1ccc2ccccc2n1. The Morgan fingerprint density at radius 3 is 2.67 bits per heavy atom. The Balaban J connectivity index is 1.77. The molecule has 7 heteroatoms. The third-order valence-corrected chi connectivity index (χ3v) is 5.59. The van der Waals surface area contributed by atoms with Gasteiger partial charge in [-0.3, -0.25) is 9.36 Å². The Hall–Kier alpha value is -3.45. The number of imidazole rings is 1. The summed E-state index contributed by atoms with van der Waals surface area (Å²) < 4.78 is 7.52. The fourth-order valence-electron chi connectivity index (χ4n) is 4.07. The minimum Gasteiger partial charge on any atom is -0.378 e. The van der Waals surface area contributed by atoms with Gasteiger partial charge in [-0.15, -0.1) is 0 Å². The highest BCUT2D eigenvalue weighted by Gasteiger charge is 2.21. The number of hydrogen-bond acceptors (Lipinski definition) is 5. The number of nitrogens with two attached hydrogens (primary N) is 1. The summed E-state index contributed by atoms with van der Waals surface area (Å²) in [6.07, 6.45) is 0.703. The molecule has 1 fully saturated rings. The Labute approximate surface area is 174 Å². The lowest BCUT2D eigenvalue weighted by Crippen LogP contribution is -2.36. The number of carbonyl (C=O) groups is 1. The quantitative estimate of drug-likeness (QED) is 0.568. The average Bonchev–Trinajstić information content (AvgIpc) is 3.17. The van der Waals surface area contributed by atoms with Crippen LogP contribution in [0, 0.1) is 0 Å². The molecule has 30 heavy (non-hydrogen) atoms. The van der Waals surface area contributed by atoms with Crippen molar-refractivity contribution in [3.63, 3.8) is 0 Å². The molecule has 1 aliphatic heterocycles. The number of pyridine rings is 1. The Morgan fingerprint density at radius 2 is 1.90 bits per heavy atom. The molecule has 0 saturated carbocycles. The number of morpholine rings is 1. The second-order valence-electron chi connectivity index (χ2n) is 7.40. The summed E-state index contributed by atoms with van der Waals surface area (Å²) in [6.45, 7) is 4.91. The molecule has 2 N–H and O–H groups in total. The third kappa shape index (κ3) is 3.07. The van der Waals surface area contributed by atoms with Crippen LogP contribution in [0.3, 0.4) is 0 Å². The van der Waals surface area contributed by atoms with E-state index in [4.69, 9.17) is 20.4 Å². The van der Waals surface area contributed by atoms with Gasteiger partial charge < -0.3 is 15.4 Å². The smallest absolute Gasteiger partial charge is 0.251 e. The van der Waals surface area contributed by atoms with E-state index in [-0.39, 0.29) is 0 Å². The van der Waals surface area contributed by atoms with E-state index in [1.165, 1.54) is 0 Å². The number of rotatable bonds is 4. The van der Waals surface area contributed by atoms with Crippen LogP contribution in [-0.4, -0.2) is 46.7 Å². The fraction of sp³-hybridized carbons (Fsp3) is 0.261. The molecular weight excluding hydrogens is 378 g/mol. The molecule has 5 rings (SSSR count). The van der Waals surface area contributed by atoms with Gasteiger partial charge >= 0.3 is 0 Å². The Bertz CT molecular complexity index is 1260. The van der Waals surface area contributed by atoms with Gasteiger partial charge in [0.1, 0.15) is 17.2 Å². The summed E-state index contributed by atoms with van der Waals surface area (Å²) in [5.74, 6) is 1.14. The van der Waals surface area contributed by atoms with Crippen molar-refractivity contribution in [2.75, 3.05) is 31.2 Å². The van der Waals surface area contributed by atoms with E-state index < -0.39 is 5.91 Å². The highest BCUT2D eigenvalue weighted by Crippen LogP contribution is 2.30. The van der Waals surface area contributed by atoms with Gasteiger partial charge in [0.25, 0.3) is 5.91 Å². The molecule has 0 unspecified atom stereocenters. The van der Waals surface area contributed by atoms with Gasteiger partial charge in [-0.1, -0.05) is 25.1 Å². The van der Waals surface area contributed by atoms with E-state index in [9.17, 15) is 4.79 Å². The number of anilines is 1. The maximum Gasteiger partial charge on any atom is 0.251 e. The number of ether oxygens (including phenoxy) is 1. The second-order valence-corrected chi connectivity index (χ2v) is 7.40. The first kappa shape index (κ1) is 18.6. The maximum absolute atomic E-state index is 12.3. The zero-order valence-electron chi connectivity index (χ0n) is 16.8. The van der Waals surface area contributed by atoms with Gasteiger partial charge in [0.2, 0.25) is 0 Å². The van der Waals surface area contributed by atoms with Crippen molar-refractivity contribution in [1.82, 2.24) is 14.5 Å². The van der Waals surface area contributed by atoms with Crippen molar-refractivity contribution >= 4 is 33.5 Å². The molecule has 0 bridgehead atoms. The first-order chi connectivity index (χ1) is 14.7. The molecule has 152 valence electrons. The molecule has 0 radical (unpaired) electrons. The molecule has 0 aliphatic carbocycles. The van der Waals surface area contributed by atoms with Crippen molar-refractivity contribution in [3.8, 4) is 5.82 Å². The van der Waals surface area contributed by atoms with Gasteiger partial charge in [0.05, 0.1) is 29.8 Å². The number of aromatic nitrogens is 3. The van der Waals surface area contributed by atoms with Gasteiger partial charge in [-0.25, -0.2) is 9.97 Å². The number of carbonyl (C=O) groups excluding carboxylic acids is 1. The third-order valence-electron chi connectivity index (χ3n) is 5.59. The molecule has 3 heterocycles. The predicted molar refractivity (Wildman–Crippen MR) is 117 cm³/mol. The molecule has 1 aliphatic rings. The van der Waals surface area contributed by atoms with Crippen LogP contribution in [0.5, 0.6) is 0 Å². The lowest BCUT2D eigenvalue weighted by molar-refractivity contribution is 0.100. The number of fused-ring (bicyclic) bond motifs is 2. The molecular formula is C23H23N5O2. The summed E-state index contributed by atoms with van der Waals surface area (Å²) in [5, 5.41) is 1.08. The van der Waals surface area contributed by atoms with Crippen molar-refractivity contribution in [2.24, 2.45) is 5.73 Å². The average molecular weight is 401 g/mol. The number of hydrogen-bond donors (Lipinski definition) is 1. The number of amides is 1. The van der Waals surface area contributed by atoms with Crippen molar-refractivity contribution in [1.29, 1.82) is 0 Å². The van der Waals surface area contributed by atoms with Crippen LogP contribution in [0.1, 0.15) is 23.1 Å². The van der Waals surface area contributed by atoms with Crippen LogP contribution < -0.4 is 10.6 Å². The van der Waals surface area contributed by atoms with Gasteiger partial charge in [0.15, 0.2) is 0 Å². The van der Waals surface area contributed by atoms with E-state index in [0.717, 1.165) is 46.8 Å². The highest BCUT2D eigenvalue weighted by atomic mass is 16.5. The standard InChI is InChI=1S/C23H23N5O2/c1-2-20-26-22-17(23(24)29)13-16(27-9-11-30-12-10-27)14-19(22)28(20)21-8-7-15-5-3-4-6-18(15)25-21/h3-8,13-14H,2,9-12H2,1H3,(H2,24,29). The lowest BCUT2D eigenvalue weighted by Gasteiger charge is -2.29. The summed E-state index contributed by atoms with van der Waals surface area (Å²) in [6, 6.07) is 16.0. The molecule has 7 nitrogen and oxygen atoms in total. The number of benzene rings is 2. The highest BCUT2D eigenvalue weighted by molar-refractivity contribution is 6.06. The van der Waals surface area contributed by atoms with Gasteiger partial charge in [-0.2, -0.15) is 0 Å². The van der Waals surface area contributed by atoms with E-state index in [1.807, 2.05) is 47.9 Å². The van der Waals surface area contributed by atoms with Crippen LogP contribution in [0.2, 0.25) is 0 Å². The van der Waals surface area contributed by atoms with Crippen LogP contribution in [0.4, 0.5) is 5.69 Å². The molecule has 4 aromatic rings. The number of para-hydroxylation sites is 1. The number of nitrogens with zero attached hydrogens (tertiary/aromatic N) is 4. The zero-order valence-corrected chi connectivity index (χ0v) is 16.8. The van der Waals surface area contributed by atoms with Crippen LogP contribution in [0.15, 0.2) is 48.5 Å². The van der Waals surface area contributed by atoms with Crippen molar-refractivity contribution in [2.45, 2.75) is 13.3 Å². The van der Waals surface area contributed by atoms with Crippen molar-refractivity contribution in [3.05, 3.63) is 59.9 Å². The first-order valence-electron chi connectivity index (χ1n) is 10.2. The summed E-state index contributed by atoms with van der Waals surface area (Å²) in [7, 11) is 0. The molecule has 0 spiro atoms. The topological polar surface area (TPSA) is 86.3 Å². The first-order valence-corrected chi connectivity index (χ1v) is 10.2. The largest absolute Gasteiger partial charge is 0.378 e. The summed E-state index contributed by atoms with van der Waals surface area (Å²) >= 11 is 0. The van der Waals surface area contributed by atoms with Crippen molar-refractivity contribution < 1.29 is 9.53 Å². The van der Waals surface area contributed by atoms with E-state index in [0.29, 0.717) is 30.7 Å². The van der Waals surface area contributed by atoms with Gasteiger partial charge in [-0.05, 0) is 30.3 Å². The normalized spacial score (nSPS) is 14.5. The predicted octanol–water partition coefficient (Wildman–Crippen LogP) is 3.07. The minimum atomic E-state index is -0.478. The monoisotopic (exact) mass is 401 g/mol. The van der Waals surface area contributed by atoms with E-state index >= 15 is 0 Å². The second kappa shape index (κ2) is 7.42. The molecule has 1 amide bonds. The van der Waals surface area contributed by atoms with Crippen LogP contribution in [-0.2, 0) is 11.2 Å². The fourth-order valence-corrected chi connectivity index (χ4v) is 4.07. The molecule has 2 aromatic heterocycles. The summed E-state index contributed by atoms with van der Waals surface area (Å²) in [4.78, 5) is 24.1. The van der Waals surface area contributed by atoms with E-state index in [1.54, 1.807) is 0 Å². The van der Waals surface area contributed by atoms with Crippen LogP contribution >= 0.6 is 0 Å². The van der Waals surface area contributed by atoms with Gasteiger partial charge in [0, 0.05) is 30.6 Å². The van der Waals surface area contributed by atoms with Crippen LogP contribution in [0.25, 0.3) is 27.8 Å². The number of aryl methyl sites for hydroxylation is 1. The Morgan fingerprint density at radius 1 is 1.10 bits per heavy atom. The molecule has 1 saturated heterocycles. The zero-order chi connectivity index (χ0) is 20.7. The Kier molecular flexibility index (Phi) is 4.59. The molecule has 0 atom stereocenters. The summed E-state index contributed by atoms with van der Waals surface area (Å²) in [5.41, 5.74) is 9.50. The molecule has 2 aromatic carbocycles. The lowest BCUT2D eigenvalue weighted by atomic mass is 10.1. The maximum atomic E-state index is 12.3. The minimum absolute atomic E-state index is 0.434.